The molecule has 0 aliphatic carbocycles. The summed E-state index contributed by atoms with van der Waals surface area (Å²) in [6, 6.07) is 0. The van der Waals surface area contributed by atoms with Crippen molar-refractivity contribution in [2.24, 2.45) is 0 Å². The first kappa shape index (κ1) is 28.2. The van der Waals surface area contributed by atoms with Crippen LogP contribution in [0.15, 0.2) is 11.5 Å². The fraction of sp³-hybridized carbons (Fsp3) is 0.909. The van der Waals surface area contributed by atoms with Gasteiger partial charge in [-0.1, -0.05) is 51.9 Å². The minimum Gasteiger partial charge on any atom is -0.460 e. The summed E-state index contributed by atoms with van der Waals surface area (Å²) in [4.78, 5) is 0. The summed E-state index contributed by atoms with van der Waals surface area (Å²) in [5.74, 6) is -0.632. The number of rotatable bonds is 14. The number of hydrogen-bond acceptors (Lipinski definition) is 11. The van der Waals surface area contributed by atoms with E-state index in [0.717, 1.165) is 25.7 Å². The highest BCUT2D eigenvalue weighted by Gasteiger charge is 2.47. The average molecular weight is 481 g/mol. The van der Waals surface area contributed by atoms with E-state index in [0.29, 0.717) is 6.61 Å². The lowest BCUT2D eigenvalue weighted by atomic mass is 9.99. The zero-order valence-electron chi connectivity index (χ0n) is 19.2. The third-order valence-corrected chi connectivity index (χ3v) is 5.92. The summed E-state index contributed by atoms with van der Waals surface area (Å²) in [5, 5.41) is 69.7. The second-order valence-corrected chi connectivity index (χ2v) is 8.53. The molecule has 0 aromatic carbocycles. The molecular formula is C22H40O11. The van der Waals surface area contributed by atoms with Crippen LogP contribution < -0.4 is 0 Å². The van der Waals surface area contributed by atoms with Crippen molar-refractivity contribution in [1.82, 2.24) is 0 Å². The first-order chi connectivity index (χ1) is 15.8. The van der Waals surface area contributed by atoms with Crippen LogP contribution in [0.4, 0.5) is 0 Å². The number of hydrogen-bond donors (Lipinski definition) is 7. The normalized spacial score (nSPS) is 34.9. The first-order valence-corrected chi connectivity index (χ1v) is 11.8. The topological polar surface area (TPSA) is 179 Å². The molecular weight excluding hydrogens is 440 g/mol. The molecule has 0 saturated carbocycles. The molecule has 3 unspecified atom stereocenters. The Morgan fingerprint density at radius 1 is 0.758 bits per heavy atom. The molecule has 0 amide bonds. The largest absolute Gasteiger partial charge is 0.460 e. The van der Waals surface area contributed by atoms with Crippen LogP contribution in [0, 0.1) is 0 Å². The molecule has 33 heavy (non-hydrogen) atoms. The van der Waals surface area contributed by atoms with E-state index in [9.17, 15) is 35.7 Å². The molecule has 1 saturated heterocycles. The minimum absolute atomic E-state index is 0.231. The van der Waals surface area contributed by atoms with Gasteiger partial charge in [0.25, 0.3) is 0 Å². The smallest absolute Gasteiger partial charge is 0.229 e. The summed E-state index contributed by atoms with van der Waals surface area (Å²) >= 11 is 0. The Hall–Kier alpha value is -1.02. The minimum atomic E-state index is -1.73. The van der Waals surface area contributed by atoms with E-state index in [4.69, 9.17) is 18.9 Å². The van der Waals surface area contributed by atoms with Crippen LogP contribution in [-0.2, 0) is 18.9 Å². The molecule has 8 atom stereocenters. The molecule has 1 fully saturated rings. The highest BCUT2D eigenvalue weighted by Crippen LogP contribution is 2.31. The van der Waals surface area contributed by atoms with Crippen molar-refractivity contribution in [3.63, 3.8) is 0 Å². The lowest BCUT2D eigenvalue weighted by molar-refractivity contribution is -0.301. The fourth-order valence-electron chi connectivity index (χ4n) is 3.85. The summed E-state index contributed by atoms with van der Waals surface area (Å²) < 4.78 is 21.6. The van der Waals surface area contributed by atoms with E-state index < -0.39 is 68.2 Å². The third-order valence-electron chi connectivity index (χ3n) is 5.92. The van der Waals surface area contributed by atoms with Crippen molar-refractivity contribution in [2.45, 2.75) is 107 Å². The maximum Gasteiger partial charge on any atom is 0.229 e. The van der Waals surface area contributed by atoms with Gasteiger partial charge < -0.3 is 54.7 Å². The van der Waals surface area contributed by atoms with E-state index in [1.807, 2.05) is 0 Å². The molecule has 0 spiro atoms. The van der Waals surface area contributed by atoms with E-state index in [2.05, 4.69) is 6.92 Å². The molecule has 2 aliphatic heterocycles. The van der Waals surface area contributed by atoms with Crippen molar-refractivity contribution in [2.75, 3.05) is 19.8 Å². The van der Waals surface area contributed by atoms with E-state index in [1.54, 1.807) is 0 Å². The summed E-state index contributed by atoms with van der Waals surface area (Å²) in [7, 11) is 0. The quantitative estimate of drug-likeness (QED) is 0.155. The van der Waals surface area contributed by atoms with Gasteiger partial charge in [0.1, 0.15) is 43.2 Å². The van der Waals surface area contributed by atoms with Gasteiger partial charge >= 0.3 is 0 Å². The number of aliphatic hydroxyl groups excluding tert-OH is 7. The molecule has 0 aromatic heterocycles. The molecule has 2 aliphatic rings. The van der Waals surface area contributed by atoms with Gasteiger partial charge in [-0.2, -0.15) is 0 Å². The molecule has 7 N–H and O–H groups in total. The van der Waals surface area contributed by atoms with Crippen LogP contribution in [0.25, 0.3) is 0 Å². The Kier molecular flexibility index (Phi) is 12.3. The van der Waals surface area contributed by atoms with Gasteiger partial charge in [0.15, 0.2) is 11.5 Å². The summed E-state index contributed by atoms with van der Waals surface area (Å²) in [5.41, 5.74) is 0. The number of aliphatic hydroxyl groups is 7. The van der Waals surface area contributed by atoms with Crippen molar-refractivity contribution in [3.05, 3.63) is 11.5 Å². The molecule has 2 rings (SSSR count). The van der Waals surface area contributed by atoms with Gasteiger partial charge in [0, 0.05) is 0 Å². The summed E-state index contributed by atoms with van der Waals surface area (Å²) in [6.07, 6.45) is -3.36. The van der Waals surface area contributed by atoms with Crippen LogP contribution in [0.3, 0.4) is 0 Å². The van der Waals surface area contributed by atoms with Crippen LogP contribution in [0.5, 0.6) is 0 Å². The standard InChI is InChI=1S/C22H40O11/c1-2-3-4-5-6-7-8-9-10-30-21-19(29)17(27)20(14(12-24)32-21)33-22-18(28)16(26)15(25)13(11-23)31-22/h13,15-19,21-29H,2-12H2,1H3/t13?,15-,16+,17+,18+,19-,21?,22?/m1/s1. The molecule has 194 valence electrons. The monoisotopic (exact) mass is 480 g/mol. The maximum absolute atomic E-state index is 10.5. The van der Waals surface area contributed by atoms with Crippen molar-refractivity contribution in [1.29, 1.82) is 0 Å². The Balaban J connectivity index is 1.88. The first-order valence-electron chi connectivity index (χ1n) is 11.8. The number of ether oxygens (including phenoxy) is 4. The predicted octanol–water partition coefficient (Wildman–Crippen LogP) is -0.758. The van der Waals surface area contributed by atoms with Gasteiger partial charge in [-0.25, -0.2) is 0 Å². The zero-order chi connectivity index (χ0) is 24.4. The van der Waals surface area contributed by atoms with Crippen LogP contribution in [0.2, 0.25) is 0 Å². The molecule has 0 radical (unpaired) electrons. The SMILES string of the molecule is CCCCCCCCCCOC1OC(CO)=C(OC2OC(CO)[C@@H](O)[C@H](O)[C@@H]2O)[C@@H](O)[C@H]1O. The second-order valence-electron chi connectivity index (χ2n) is 8.53. The molecule has 11 heteroatoms. The van der Waals surface area contributed by atoms with Crippen molar-refractivity contribution >= 4 is 0 Å². The fourth-order valence-corrected chi connectivity index (χ4v) is 3.85. The average Bonchev–Trinajstić information content (AvgIpc) is 2.82. The Labute approximate surface area is 194 Å². The van der Waals surface area contributed by atoms with E-state index >= 15 is 0 Å². The molecule has 0 bridgehead atoms. The Morgan fingerprint density at radius 2 is 1.39 bits per heavy atom. The van der Waals surface area contributed by atoms with Gasteiger partial charge in [-0.15, -0.1) is 0 Å². The van der Waals surface area contributed by atoms with Crippen LogP contribution in [0.1, 0.15) is 58.3 Å². The highest BCUT2D eigenvalue weighted by atomic mass is 16.7. The lowest BCUT2D eigenvalue weighted by Gasteiger charge is -2.42. The predicted molar refractivity (Wildman–Crippen MR) is 114 cm³/mol. The zero-order valence-corrected chi connectivity index (χ0v) is 19.2. The van der Waals surface area contributed by atoms with Gasteiger partial charge in [0.2, 0.25) is 12.6 Å². The Morgan fingerprint density at radius 3 is 2.00 bits per heavy atom. The highest BCUT2D eigenvalue weighted by molar-refractivity contribution is 5.14. The van der Waals surface area contributed by atoms with Crippen LogP contribution >= 0.6 is 0 Å². The number of unbranched alkanes of at least 4 members (excludes halogenated alkanes) is 7. The molecule has 0 aromatic rings. The lowest BCUT2D eigenvalue weighted by Crippen LogP contribution is -2.59. The third kappa shape index (κ3) is 7.74. The Bertz CT molecular complexity index is 585. The molecule has 11 nitrogen and oxygen atoms in total. The molecule has 2 heterocycles. The summed E-state index contributed by atoms with van der Waals surface area (Å²) in [6.45, 7) is 1.12. The van der Waals surface area contributed by atoms with E-state index in [1.165, 1.54) is 25.7 Å². The maximum atomic E-state index is 10.5. The van der Waals surface area contributed by atoms with Gasteiger partial charge in [-0.05, 0) is 6.42 Å². The van der Waals surface area contributed by atoms with Crippen LogP contribution in [-0.4, -0.2) is 105 Å². The van der Waals surface area contributed by atoms with Crippen molar-refractivity contribution < 1.29 is 54.7 Å². The van der Waals surface area contributed by atoms with Crippen molar-refractivity contribution in [3.8, 4) is 0 Å². The second kappa shape index (κ2) is 14.4. The van der Waals surface area contributed by atoms with Gasteiger partial charge in [0.05, 0.1) is 13.2 Å². The van der Waals surface area contributed by atoms with E-state index in [-0.39, 0.29) is 5.76 Å². The van der Waals surface area contributed by atoms with Gasteiger partial charge in [-0.3, -0.25) is 0 Å².